The minimum absolute atomic E-state index is 0.222. The monoisotopic (exact) mass is 278 g/mol. The number of benzene rings is 1. The normalized spacial score (nSPS) is 11.9. The van der Waals surface area contributed by atoms with Crippen LogP contribution in [0.25, 0.3) is 0 Å². The Morgan fingerprint density at radius 1 is 1.30 bits per heavy atom. The maximum absolute atomic E-state index is 12.5. The molecule has 3 N–H and O–H groups in total. The highest BCUT2D eigenvalue weighted by Crippen LogP contribution is 2.19. The molecule has 0 aliphatic heterocycles. The third-order valence-electron chi connectivity index (χ3n) is 3.18. The van der Waals surface area contributed by atoms with Gasteiger partial charge in [0.15, 0.2) is 0 Å². The van der Waals surface area contributed by atoms with E-state index in [9.17, 15) is 9.59 Å². The molecule has 0 aromatic heterocycles. The second kappa shape index (κ2) is 7.65. The van der Waals surface area contributed by atoms with Crippen molar-refractivity contribution in [2.24, 2.45) is 11.7 Å². The van der Waals surface area contributed by atoms with E-state index in [2.05, 4.69) is 0 Å². The van der Waals surface area contributed by atoms with Gasteiger partial charge in [-0.1, -0.05) is 31.0 Å². The average molecular weight is 278 g/mol. The molecular weight excluding hydrogens is 256 g/mol. The van der Waals surface area contributed by atoms with Crippen LogP contribution in [-0.2, 0) is 9.59 Å². The van der Waals surface area contributed by atoms with Crippen LogP contribution in [0.5, 0.6) is 0 Å². The fourth-order valence-electron chi connectivity index (χ4n) is 2.07. The van der Waals surface area contributed by atoms with E-state index in [0.29, 0.717) is 12.1 Å². The van der Waals surface area contributed by atoms with Crippen LogP contribution in [0, 0.1) is 12.8 Å². The summed E-state index contributed by atoms with van der Waals surface area (Å²) in [5.74, 6) is -1.59. The summed E-state index contributed by atoms with van der Waals surface area (Å²) >= 11 is 0. The molecule has 5 nitrogen and oxygen atoms in total. The summed E-state index contributed by atoms with van der Waals surface area (Å²) in [5, 5.41) is 9.01. The first-order valence-electron chi connectivity index (χ1n) is 6.79. The van der Waals surface area contributed by atoms with E-state index in [1.54, 1.807) is 12.1 Å². The Labute approximate surface area is 119 Å². The Balaban J connectivity index is 3.01. The van der Waals surface area contributed by atoms with Crippen LogP contribution < -0.4 is 10.6 Å². The Bertz CT molecular complexity index is 457. The van der Waals surface area contributed by atoms with Crippen molar-refractivity contribution in [2.75, 3.05) is 18.0 Å². The molecule has 20 heavy (non-hydrogen) atoms. The molecule has 0 fully saturated rings. The predicted molar refractivity (Wildman–Crippen MR) is 78.6 cm³/mol. The first kappa shape index (κ1) is 16.2. The van der Waals surface area contributed by atoms with Crippen LogP contribution in [0.1, 0.15) is 25.3 Å². The Morgan fingerprint density at radius 3 is 2.35 bits per heavy atom. The van der Waals surface area contributed by atoms with Gasteiger partial charge in [-0.15, -0.1) is 0 Å². The van der Waals surface area contributed by atoms with Gasteiger partial charge in [0.05, 0.1) is 5.92 Å². The van der Waals surface area contributed by atoms with Crippen LogP contribution in [0.3, 0.4) is 0 Å². The van der Waals surface area contributed by atoms with Crippen molar-refractivity contribution in [3.63, 3.8) is 0 Å². The second-order valence-electron chi connectivity index (χ2n) is 4.87. The van der Waals surface area contributed by atoms with E-state index in [-0.39, 0.29) is 24.9 Å². The third kappa shape index (κ3) is 4.35. The van der Waals surface area contributed by atoms with Crippen molar-refractivity contribution in [1.82, 2.24) is 0 Å². The van der Waals surface area contributed by atoms with Gasteiger partial charge in [-0.3, -0.25) is 9.59 Å². The summed E-state index contributed by atoms with van der Waals surface area (Å²) < 4.78 is 0. The second-order valence-corrected chi connectivity index (χ2v) is 4.87. The van der Waals surface area contributed by atoms with E-state index >= 15 is 0 Å². The minimum atomic E-state index is -1.04. The summed E-state index contributed by atoms with van der Waals surface area (Å²) in [6.07, 6.45) is 1.50. The van der Waals surface area contributed by atoms with E-state index in [1.165, 1.54) is 4.90 Å². The molecule has 0 radical (unpaired) electrons. The number of aryl methyl sites for hydroxylation is 1. The maximum Gasteiger partial charge on any atom is 0.323 e. The highest BCUT2D eigenvalue weighted by Gasteiger charge is 2.25. The molecular formula is C15H22N2O3. The van der Waals surface area contributed by atoms with Gasteiger partial charge in [-0.05, 0) is 25.5 Å². The number of nitrogens with two attached hydrogens (primary N) is 1. The smallest absolute Gasteiger partial charge is 0.323 e. The number of anilines is 1. The van der Waals surface area contributed by atoms with E-state index in [0.717, 1.165) is 12.0 Å². The average Bonchev–Trinajstić information content (AvgIpc) is 2.42. The summed E-state index contributed by atoms with van der Waals surface area (Å²) in [6.45, 7) is 3.80. The molecule has 5 heteroatoms. The Hall–Kier alpha value is -1.88. The lowest BCUT2D eigenvalue weighted by Gasteiger charge is -2.25. The zero-order chi connectivity index (χ0) is 15.1. The van der Waals surface area contributed by atoms with Crippen molar-refractivity contribution >= 4 is 17.6 Å². The molecule has 0 heterocycles. The molecule has 1 aromatic rings. The SMILES string of the molecule is CCCC(CN)C(=O)N(CC(=O)O)c1ccc(C)cc1. The van der Waals surface area contributed by atoms with Gasteiger partial charge in [0.2, 0.25) is 5.91 Å². The number of rotatable bonds is 7. The lowest BCUT2D eigenvalue weighted by Crippen LogP contribution is -2.42. The van der Waals surface area contributed by atoms with Gasteiger partial charge in [-0.2, -0.15) is 0 Å². The molecule has 0 saturated heterocycles. The number of carbonyl (C=O) groups excluding carboxylic acids is 1. The van der Waals surface area contributed by atoms with Crippen molar-refractivity contribution in [3.8, 4) is 0 Å². The van der Waals surface area contributed by atoms with Gasteiger partial charge in [-0.25, -0.2) is 0 Å². The summed E-state index contributed by atoms with van der Waals surface area (Å²) in [4.78, 5) is 24.8. The molecule has 1 amide bonds. The van der Waals surface area contributed by atoms with Gasteiger partial charge in [0.1, 0.15) is 6.54 Å². The number of aliphatic carboxylic acids is 1. The van der Waals surface area contributed by atoms with Crippen molar-refractivity contribution in [2.45, 2.75) is 26.7 Å². The van der Waals surface area contributed by atoms with Gasteiger partial charge >= 0.3 is 5.97 Å². The van der Waals surface area contributed by atoms with Crippen LogP contribution in [0.4, 0.5) is 5.69 Å². The number of amides is 1. The third-order valence-corrected chi connectivity index (χ3v) is 3.18. The lowest BCUT2D eigenvalue weighted by atomic mass is 10.0. The number of carbonyl (C=O) groups is 2. The molecule has 1 atom stereocenters. The van der Waals surface area contributed by atoms with Gasteiger partial charge in [0.25, 0.3) is 0 Å². The van der Waals surface area contributed by atoms with Crippen LogP contribution in [-0.4, -0.2) is 30.1 Å². The van der Waals surface area contributed by atoms with E-state index < -0.39 is 5.97 Å². The predicted octanol–water partition coefficient (Wildman–Crippen LogP) is 1.79. The number of hydrogen-bond acceptors (Lipinski definition) is 3. The van der Waals surface area contributed by atoms with Crippen LogP contribution in [0.2, 0.25) is 0 Å². The van der Waals surface area contributed by atoms with Gasteiger partial charge in [0, 0.05) is 12.2 Å². The number of nitrogens with zero attached hydrogens (tertiary/aromatic N) is 1. The molecule has 0 aliphatic carbocycles. The van der Waals surface area contributed by atoms with Crippen LogP contribution in [0.15, 0.2) is 24.3 Å². The van der Waals surface area contributed by atoms with E-state index in [1.807, 2.05) is 26.0 Å². The zero-order valence-corrected chi connectivity index (χ0v) is 12.0. The highest BCUT2D eigenvalue weighted by atomic mass is 16.4. The topological polar surface area (TPSA) is 83.6 Å². The van der Waals surface area contributed by atoms with Crippen molar-refractivity contribution in [1.29, 1.82) is 0 Å². The Kier molecular flexibility index (Phi) is 6.18. The summed E-state index contributed by atoms with van der Waals surface area (Å²) in [7, 11) is 0. The standard InChI is InChI=1S/C15H22N2O3/c1-3-4-12(9-16)15(20)17(10-14(18)19)13-7-5-11(2)6-8-13/h5-8,12H,3-4,9-10,16H2,1-2H3,(H,18,19). The van der Waals surface area contributed by atoms with Crippen LogP contribution >= 0.6 is 0 Å². The molecule has 0 saturated carbocycles. The number of hydrogen-bond donors (Lipinski definition) is 2. The number of carboxylic acids is 1. The quantitative estimate of drug-likeness (QED) is 0.796. The molecule has 110 valence electrons. The minimum Gasteiger partial charge on any atom is -0.480 e. The van der Waals surface area contributed by atoms with Crippen molar-refractivity contribution in [3.05, 3.63) is 29.8 Å². The molecule has 1 unspecified atom stereocenters. The maximum atomic E-state index is 12.5. The first-order chi connectivity index (χ1) is 9.49. The fourth-order valence-corrected chi connectivity index (χ4v) is 2.07. The summed E-state index contributed by atoms with van der Waals surface area (Å²) in [6, 6.07) is 7.23. The van der Waals surface area contributed by atoms with Gasteiger partial charge < -0.3 is 15.7 Å². The molecule has 1 rings (SSSR count). The zero-order valence-electron chi connectivity index (χ0n) is 12.0. The first-order valence-corrected chi connectivity index (χ1v) is 6.79. The Morgan fingerprint density at radius 2 is 1.90 bits per heavy atom. The molecule has 0 aliphatic rings. The molecule has 0 spiro atoms. The lowest BCUT2D eigenvalue weighted by molar-refractivity contribution is -0.137. The summed E-state index contributed by atoms with van der Waals surface area (Å²) in [5.41, 5.74) is 7.29. The van der Waals surface area contributed by atoms with Crippen molar-refractivity contribution < 1.29 is 14.7 Å². The largest absolute Gasteiger partial charge is 0.480 e. The molecule has 0 bridgehead atoms. The molecule has 1 aromatic carbocycles. The fraction of sp³-hybridized carbons (Fsp3) is 0.467. The highest BCUT2D eigenvalue weighted by molar-refractivity contribution is 5.98. The number of carboxylic acid groups (broad SMARTS) is 1. The van der Waals surface area contributed by atoms with E-state index in [4.69, 9.17) is 10.8 Å².